The molecular weight excluding hydrogens is 206 g/mol. The fourth-order valence-corrected chi connectivity index (χ4v) is 1.98. The van der Waals surface area contributed by atoms with Crippen molar-refractivity contribution in [1.29, 1.82) is 0 Å². The Morgan fingerprint density at radius 2 is 2.44 bits per heavy atom. The number of nitrogens with zero attached hydrogens (tertiary/aromatic N) is 1. The second-order valence-electron chi connectivity index (χ2n) is 4.49. The van der Waals surface area contributed by atoms with Gasteiger partial charge in [-0.3, -0.25) is 9.69 Å². The molecule has 16 heavy (non-hydrogen) atoms. The fraction of sp³-hybridized carbons (Fsp3) is 0.909. The fourth-order valence-electron chi connectivity index (χ4n) is 1.98. The van der Waals surface area contributed by atoms with Crippen LogP contribution in [0.1, 0.15) is 13.3 Å². The summed E-state index contributed by atoms with van der Waals surface area (Å²) in [5, 5.41) is 6.20. The quantitative estimate of drug-likeness (QED) is 0.640. The zero-order valence-corrected chi connectivity index (χ0v) is 10.5. The molecule has 1 saturated heterocycles. The molecule has 1 aliphatic rings. The van der Waals surface area contributed by atoms with Crippen molar-refractivity contribution in [1.82, 2.24) is 15.5 Å². The van der Waals surface area contributed by atoms with Gasteiger partial charge in [0.05, 0.1) is 13.2 Å². The Morgan fingerprint density at radius 1 is 1.69 bits per heavy atom. The summed E-state index contributed by atoms with van der Waals surface area (Å²) in [6, 6.07) is 0.566. The molecule has 2 atom stereocenters. The highest BCUT2D eigenvalue weighted by atomic mass is 16.5. The van der Waals surface area contributed by atoms with Crippen LogP contribution in [0.2, 0.25) is 0 Å². The minimum Gasteiger partial charge on any atom is -0.383 e. The van der Waals surface area contributed by atoms with Gasteiger partial charge < -0.3 is 15.4 Å². The third-order valence-corrected chi connectivity index (χ3v) is 2.87. The number of methoxy groups -OCH3 is 1. The van der Waals surface area contributed by atoms with Crippen LogP contribution < -0.4 is 10.6 Å². The summed E-state index contributed by atoms with van der Waals surface area (Å²) in [5.41, 5.74) is 0. The van der Waals surface area contributed by atoms with Crippen molar-refractivity contribution in [3.63, 3.8) is 0 Å². The van der Waals surface area contributed by atoms with E-state index in [2.05, 4.69) is 15.5 Å². The zero-order valence-electron chi connectivity index (χ0n) is 10.5. The van der Waals surface area contributed by atoms with E-state index in [0.717, 1.165) is 19.5 Å². The van der Waals surface area contributed by atoms with Crippen molar-refractivity contribution in [2.24, 2.45) is 0 Å². The van der Waals surface area contributed by atoms with Gasteiger partial charge in [-0.1, -0.05) is 0 Å². The highest BCUT2D eigenvalue weighted by Gasteiger charge is 2.21. The van der Waals surface area contributed by atoms with Crippen LogP contribution in [0.4, 0.5) is 0 Å². The van der Waals surface area contributed by atoms with Gasteiger partial charge >= 0.3 is 0 Å². The van der Waals surface area contributed by atoms with Gasteiger partial charge in [0.2, 0.25) is 5.91 Å². The summed E-state index contributed by atoms with van der Waals surface area (Å²) in [6.07, 6.45) is 1.12. The van der Waals surface area contributed by atoms with E-state index >= 15 is 0 Å². The van der Waals surface area contributed by atoms with Gasteiger partial charge in [-0.15, -0.1) is 0 Å². The van der Waals surface area contributed by atoms with Gasteiger partial charge in [0.25, 0.3) is 0 Å². The van der Waals surface area contributed by atoms with Crippen molar-refractivity contribution in [3.8, 4) is 0 Å². The third-order valence-electron chi connectivity index (χ3n) is 2.87. The maximum absolute atomic E-state index is 11.7. The SMILES string of the molecule is COCC(C)NC(=O)CN(C)C1CCNC1. The van der Waals surface area contributed by atoms with E-state index in [1.165, 1.54) is 0 Å². The Kier molecular flexibility index (Phi) is 5.73. The number of ether oxygens (including phenoxy) is 1. The number of carbonyl (C=O) groups excluding carboxylic acids is 1. The predicted octanol–water partition coefficient (Wildman–Crippen LogP) is -0.569. The molecule has 1 rings (SSSR count). The normalized spacial score (nSPS) is 22.4. The van der Waals surface area contributed by atoms with Gasteiger partial charge in [-0.25, -0.2) is 0 Å². The number of hydrogen-bond acceptors (Lipinski definition) is 4. The number of carbonyl (C=O) groups is 1. The Hall–Kier alpha value is -0.650. The first-order valence-electron chi connectivity index (χ1n) is 5.82. The van der Waals surface area contributed by atoms with Crippen LogP contribution in [0.3, 0.4) is 0 Å². The minimum absolute atomic E-state index is 0.0685. The smallest absolute Gasteiger partial charge is 0.234 e. The van der Waals surface area contributed by atoms with Crippen LogP contribution >= 0.6 is 0 Å². The molecule has 1 aliphatic heterocycles. The van der Waals surface area contributed by atoms with E-state index in [9.17, 15) is 4.79 Å². The average Bonchev–Trinajstić information content (AvgIpc) is 2.69. The monoisotopic (exact) mass is 229 g/mol. The first-order chi connectivity index (χ1) is 7.63. The molecule has 1 amide bonds. The van der Waals surface area contributed by atoms with Crippen molar-refractivity contribution >= 4 is 5.91 Å². The van der Waals surface area contributed by atoms with Gasteiger partial charge in [-0.05, 0) is 26.9 Å². The summed E-state index contributed by atoms with van der Waals surface area (Å²) in [6.45, 7) is 4.99. The molecule has 1 heterocycles. The Morgan fingerprint density at radius 3 is 3.00 bits per heavy atom. The lowest BCUT2D eigenvalue weighted by Gasteiger charge is -2.23. The predicted molar refractivity (Wildman–Crippen MR) is 63.4 cm³/mol. The molecular formula is C11H23N3O2. The summed E-state index contributed by atoms with van der Waals surface area (Å²) >= 11 is 0. The second kappa shape index (κ2) is 6.83. The van der Waals surface area contributed by atoms with E-state index in [1.807, 2.05) is 14.0 Å². The summed E-state index contributed by atoms with van der Waals surface area (Å²) in [4.78, 5) is 13.8. The molecule has 0 saturated carbocycles. The molecule has 0 aromatic carbocycles. The summed E-state index contributed by atoms with van der Waals surface area (Å²) in [5.74, 6) is 0.0685. The van der Waals surface area contributed by atoms with E-state index in [0.29, 0.717) is 19.2 Å². The van der Waals surface area contributed by atoms with Crippen molar-refractivity contribution in [2.45, 2.75) is 25.4 Å². The molecule has 5 heteroatoms. The Balaban J connectivity index is 2.22. The molecule has 2 unspecified atom stereocenters. The van der Waals surface area contributed by atoms with Crippen LogP contribution in [0, 0.1) is 0 Å². The zero-order chi connectivity index (χ0) is 12.0. The number of nitrogens with one attached hydrogen (secondary N) is 2. The molecule has 0 spiro atoms. The molecule has 2 N–H and O–H groups in total. The van der Waals surface area contributed by atoms with E-state index in [-0.39, 0.29) is 11.9 Å². The molecule has 0 radical (unpaired) electrons. The topological polar surface area (TPSA) is 53.6 Å². The van der Waals surface area contributed by atoms with E-state index < -0.39 is 0 Å². The lowest BCUT2D eigenvalue weighted by atomic mass is 10.2. The first-order valence-corrected chi connectivity index (χ1v) is 5.82. The number of rotatable bonds is 6. The molecule has 5 nitrogen and oxygen atoms in total. The lowest BCUT2D eigenvalue weighted by Crippen LogP contribution is -2.44. The molecule has 0 aliphatic carbocycles. The highest BCUT2D eigenvalue weighted by Crippen LogP contribution is 2.05. The number of likely N-dealkylation sites (N-methyl/N-ethyl adjacent to an activating group) is 1. The maximum Gasteiger partial charge on any atom is 0.234 e. The Labute approximate surface area is 97.5 Å². The average molecular weight is 229 g/mol. The third kappa shape index (κ3) is 4.47. The number of hydrogen-bond donors (Lipinski definition) is 2. The van der Waals surface area contributed by atoms with Gasteiger partial charge in [0.1, 0.15) is 0 Å². The van der Waals surface area contributed by atoms with Crippen LogP contribution in [0.15, 0.2) is 0 Å². The first kappa shape index (κ1) is 13.4. The number of amides is 1. The standard InChI is InChI=1S/C11H23N3O2/c1-9(8-16-3)13-11(15)7-14(2)10-4-5-12-6-10/h9-10,12H,4-8H2,1-3H3,(H,13,15). The van der Waals surface area contributed by atoms with Crippen molar-refractivity contribution in [3.05, 3.63) is 0 Å². The maximum atomic E-state index is 11.7. The lowest BCUT2D eigenvalue weighted by molar-refractivity contribution is -0.123. The molecule has 0 bridgehead atoms. The highest BCUT2D eigenvalue weighted by molar-refractivity contribution is 5.78. The second-order valence-corrected chi connectivity index (χ2v) is 4.49. The molecule has 0 aromatic rings. The van der Waals surface area contributed by atoms with Gasteiger partial charge in [0.15, 0.2) is 0 Å². The van der Waals surface area contributed by atoms with Gasteiger partial charge in [0, 0.05) is 25.7 Å². The molecule has 94 valence electrons. The molecule has 1 fully saturated rings. The summed E-state index contributed by atoms with van der Waals surface area (Å²) < 4.78 is 4.97. The van der Waals surface area contributed by atoms with E-state index in [4.69, 9.17) is 4.74 Å². The minimum atomic E-state index is 0.0685. The van der Waals surface area contributed by atoms with Gasteiger partial charge in [-0.2, -0.15) is 0 Å². The largest absolute Gasteiger partial charge is 0.383 e. The van der Waals surface area contributed by atoms with Crippen LogP contribution in [0.5, 0.6) is 0 Å². The van der Waals surface area contributed by atoms with Crippen LogP contribution in [-0.2, 0) is 9.53 Å². The van der Waals surface area contributed by atoms with Crippen molar-refractivity contribution < 1.29 is 9.53 Å². The Bertz CT molecular complexity index is 217. The van der Waals surface area contributed by atoms with E-state index in [1.54, 1.807) is 7.11 Å². The molecule has 0 aromatic heterocycles. The van der Waals surface area contributed by atoms with Crippen LogP contribution in [0.25, 0.3) is 0 Å². The summed E-state index contributed by atoms with van der Waals surface area (Å²) in [7, 11) is 3.64. The van der Waals surface area contributed by atoms with Crippen molar-refractivity contribution in [2.75, 3.05) is 40.4 Å². The van der Waals surface area contributed by atoms with Crippen LogP contribution in [-0.4, -0.2) is 63.3 Å².